The smallest absolute Gasteiger partial charge is 0.144 e. The van der Waals surface area contributed by atoms with E-state index in [4.69, 9.17) is 17.3 Å². The van der Waals surface area contributed by atoms with Crippen molar-refractivity contribution in [1.29, 1.82) is 5.26 Å². The normalized spacial score (nSPS) is 12.1. The van der Waals surface area contributed by atoms with Gasteiger partial charge in [-0.25, -0.2) is 4.98 Å². The molecule has 104 valence electrons. The predicted molar refractivity (Wildman–Crippen MR) is 83.1 cm³/mol. The Morgan fingerprint density at radius 3 is 2.95 bits per heavy atom. The lowest BCUT2D eigenvalue weighted by atomic mass is 10.2. The molecule has 7 heteroatoms. The maximum atomic E-state index is 9.17. The van der Waals surface area contributed by atoms with E-state index in [1.807, 2.05) is 13.0 Å². The first kappa shape index (κ1) is 15.3. The highest BCUT2D eigenvalue weighted by molar-refractivity contribution is 7.99. The summed E-state index contributed by atoms with van der Waals surface area (Å²) in [6.07, 6.45) is 2.38. The van der Waals surface area contributed by atoms with Crippen LogP contribution in [-0.2, 0) is 0 Å². The molecule has 0 saturated heterocycles. The van der Waals surface area contributed by atoms with E-state index < -0.39 is 0 Å². The van der Waals surface area contributed by atoms with Gasteiger partial charge in [-0.1, -0.05) is 11.6 Å². The van der Waals surface area contributed by atoms with Gasteiger partial charge in [0.2, 0.25) is 0 Å². The number of pyridine rings is 1. The van der Waals surface area contributed by atoms with Crippen molar-refractivity contribution >= 4 is 34.7 Å². The number of aromatic nitrogens is 2. The SMILES string of the molecule is Cc1cc(SC(CCN)c2scnc2Cl)c(C#N)cn1. The molecule has 0 aliphatic heterocycles. The number of thiazole rings is 1. The Morgan fingerprint density at radius 1 is 1.55 bits per heavy atom. The lowest BCUT2D eigenvalue weighted by molar-refractivity contribution is 0.823. The van der Waals surface area contributed by atoms with Gasteiger partial charge in [-0.2, -0.15) is 5.26 Å². The van der Waals surface area contributed by atoms with E-state index in [1.165, 1.54) is 11.3 Å². The molecule has 1 atom stereocenters. The van der Waals surface area contributed by atoms with Gasteiger partial charge in [0.15, 0.2) is 0 Å². The molecule has 0 amide bonds. The molecule has 0 aliphatic rings. The summed E-state index contributed by atoms with van der Waals surface area (Å²) in [6, 6.07) is 4.09. The quantitative estimate of drug-likeness (QED) is 0.851. The minimum absolute atomic E-state index is 0.105. The Kier molecular flexibility index (Phi) is 5.38. The minimum atomic E-state index is 0.105. The molecule has 2 aromatic rings. The Hall–Kier alpha value is -1.13. The second-order valence-electron chi connectivity index (χ2n) is 4.12. The van der Waals surface area contributed by atoms with Crippen LogP contribution in [0.3, 0.4) is 0 Å². The molecule has 4 nitrogen and oxygen atoms in total. The number of halogens is 1. The molecule has 2 N–H and O–H groups in total. The van der Waals surface area contributed by atoms with E-state index in [-0.39, 0.29) is 5.25 Å². The van der Waals surface area contributed by atoms with Crippen molar-refractivity contribution in [3.05, 3.63) is 39.1 Å². The first-order valence-corrected chi connectivity index (χ1v) is 8.11. The summed E-state index contributed by atoms with van der Waals surface area (Å²) in [5.41, 5.74) is 8.87. The van der Waals surface area contributed by atoms with Gasteiger partial charge in [-0.05, 0) is 26.0 Å². The van der Waals surface area contributed by atoms with Crippen LogP contribution < -0.4 is 5.73 Å². The predicted octanol–water partition coefficient (Wildman–Crippen LogP) is 3.55. The van der Waals surface area contributed by atoms with E-state index >= 15 is 0 Å². The van der Waals surface area contributed by atoms with E-state index in [0.29, 0.717) is 17.3 Å². The summed E-state index contributed by atoms with van der Waals surface area (Å²) in [6.45, 7) is 2.46. The zero-order valence-corrected chi connectivity index (χ0v) is 13.2. The van der Waals surface area contributed by atoms with Gasteiger partial charge in [-0.15, -0.1) is 23.1 Å². The standard InChI is InChI=1S/C13H13ClN4S2/c1-8-4-11(9(5-16)6-17-8)20-10(2-3-15)12-13(14)18-7-19-12/h4,6-7,10H,2-3,15H2,1H3. The lowest BCUT2D eigenvalue weighted by Gasteiger charge is -2.15. The monoisotopic (exact) mass is 324 g/mol. The van der Waals surface area contributed by atoms with Crippen LogP contribution in [0.2, 0.25) is 5.15 Å². The van der Waals surface area contributed by atoms with Gasteiger partial charge >= 0.3 is 0 Å². The third kappa shape index (κ3) is 3.49. The Labute approximate surface area is 131 Å². The van der Waals surface area contributed by atoms with Crippen molar-refractivity contribution in [3.8, 4) is 6.07 Å². The number of hydrogen-bond acceptors (Lipinski definition) is 6. The molecule has 0 spiro atoms. The minimum Gasteiger partial charge on any atom is -0.330 e. The number of rotatable bonds is 5. The third-order valence-electron chi connectivity index (χ3n) is 2.66. The van der Waals surface area contributed by atoms with E-state index in [1.54, 1.807) is 23.5 Å². The van der Waals surface area contributed by atoms with Gasteiger partial charge in [0.25, 0.3) is 0 Å². The zero-order chi connectivity index (χ0) is 14.5. The fraction of sp³-hybridized carbons (Fsp3) is 0.308. The van der Waals surface area contributed by atoms with Crippen LogP contribution in [0.4, 0.5) is 0 Å². The van der Waals surface area contributed by atoms with Crippen LogP contribution in [0.1, 0.15) is 27.8 Å². The maximum Gasteiger partial charge on any atom is 0.144 e. The van der Waals surface area contributed by atoms with Crippen LogP contribution in [0.25, 0.3) is 0 Å². The molecule has 0 fully saturated rings. The first-order chi connectivity index (χ1) is 9.65. The summed E-state index contributed by atoms with van der Waals surface area (Å²) >= 11 is 9.22. The van der Waals surface area contributed by atoms with Crippen molar-refractivity contribution in [2.45, 2.75) is 23.5 Å². The molecule has 0 aromatic carbocycles. The number of aryl methyl sites for hydroxylation is 1. The maximum absolute atomic E-state index is 9.17. The Balaban J connectivity index is 2.32. The first-order valence-electron chi connectivity index (χ1n) is 5.98. The zero-order valence-electron chi connectivity index (χ0n) is 10.8. The largest absolute Gasteiger partial charge is 0.330 e. The van der Waals surface area contributed by atoms with Crippen LogP contribution in [0.5, 0.6) is 0 Å². The highest BCUT2D eigenvalue weighted by Gasteiger charge is 2.19. The van der Waals surface area contributed by atoms with Crippen LogP contribution in [0, 0.1) is 18.3 Å². The molecule has 2 heterocycles. The number of nitriles is 1. The fourth-order valence-electron chi connectivity index (χ4n) is 1.71. The molecule has 20 heavy (non-hydrogen) atoms. The van der Waals surface area contributed by atoms with E-state index in [0.717, 1.165) is 21.9 Å². The molecule has 0 aliphatic carbocycles. The number of nitrogens with two attached hydrogens (primary N) is 1. The van der Waals surface area contributed by atoms with Crippen molar-refractivity contribution in [1.82, 2.24) is 9.97 Å². The van der Waals surface area contributed by atoms with Crippen LogP contribution in [-0.4, -0.2) is 16.5 Å². The van der Waals surface area contributed by atoms with E-state index in [9.17, 15) is 5.26 Å². The van der Waals surface area contributed by atoms with Crippen molar-refractivity contribution in [3.63, 3.8) is 0 Å². The average Bonchev–Trinajstić information content (AvgIpc) is 2.85. The highest BCUT2D eigenvalue weighted by Crippen LogP contribution is 2.43. The van der Waals surface area contributed by atoms with Crippen molar-refractivity contribution in [2.24, 2.45) is 5.73 Å². The Morgan fingerprint density at radius 2 is 2.35 bits per heavy atom. The Bertz CT molecular complexity index is 636. The van der Waals surface area contributed by atoms with Gasteiger partial charge in [0.05, 0.1) is 16.0 Å². The summed E-state index contributed by atoms with van der Waals surface area (Å²) < 4.78 is 0. The van der Waals surface area contributed by atoms with Crippen molar-refractivity contribution in [2.75, 3.05) is 6.54 Å². The molecule has 2 aromatic heterocycles. The van der Waals surface area contributed by atoms with Crippen LogP contribution >= 0.6 is 34.7 Å². The molecule has 0 saturated carbocycles. The number of hydrogen-bond donors (Lipinski definition) is 1. The summed E-state index contributed by atoms with van der Waals surface area (Å²) in [5.74, 6) is 0. The van der Waals surface area contributed by atoms with Gasteiger partial charge in [0, 0.05) is 22.0 Å². The third-order valence-corrected chi connectivity index (χ3v) is 5.52. The van der Waals surface area contributed by atoms with Crippen molar-refractivity contribution < 1.29 is 0 Å². The van der Waals surface area contributed by atoms with Gasteiger partial charge in [-0.3, -0.25) is 4.98 Å². The number of nitrogens with zero attached hydrogens (tertiary/aromatic N) is 3. The highest BCUT2D eigenvalue weighted by atomic mass is 35.5. The topological polar surface area (TPSA) is 75.6 Å². The lowest BCUT2D eigenvalue weighted by Crippen LogP contribution is -2.04. The molecule has 0 bridgehead atoms. The summed E-state index contributed by atoms with van der Waals surface area (Å²) in [7, 11) is 0. The van der Waals surface area contributed by atoms with Gasteiger partial charge < -0.3 is 5.73 Å². The second-order valence-corrected chi connectivity index (χ2v) is 6.61. The summed E-state index contributed by atoms with van der Waals surface area (Å²) in [5, 5.41) is 9.80. The molecule has 2 rings (SSSR count). The van der Waals surface area contributed by atoms with Gasteiger partial charge in [0.1, 0.15) is 11.2 Å². The fourth-order valence-corrected chi connectivity index (χ4v) is 4.40. The van der Waals surface area contributed by atoms with E-state index in [2.05, 4.69) is 16.0 Å². The molecule has 0 radical (unpaired) electrons. The average molecular weight is 325 g/mol. The molecular formula is C13H13ClN4S2. The van der Waals surface area contributed by atoms with Crippen LogP contribution in [0.15, 0.2) is 22.7 Å². The second kappa shape index (κ2) is 7.04. The molecular weight excluding hydrogens is 312 g/mol. The molecule has 1 unspecified atom stereocenters. The number of thioether (sulfide) groups is 1. The summed E-state index contributed by atoms with van der Waals surface area (Å²) in [4.78, 5) is 10.1.